The second-order valence-corrected chi connectivity index (χ2v) is 5.02. The lowest BCUT2D eigenvalue weighted by atomic mass is 9.80. The molecule has 1 aromatic carbocycles. The van der Waals surface area contributed by atoms with E-state index < -0.39 is 7.12 Å². The second-order valence-electron chi connectivity index (χ2n) is 4.62. The van der Waals surface area contributed by atoms with Crippen molar-refractivity contribution in [2.75, 3.05) is 11.4 Å². The van der Waals surface area contributed by atoms with E-state index in [2.05, 4.69) is 11.8 Å². The van der Waals surface area contributed by atoms with Crippen LogP contribution < -0.4 is 10.4 Å². The summed E-state index contributed by atoms with van der Waals surface area (Å²) in [5.41, 5.74) is 1.42. The predicted octanol–water partition coefficient (Wildman–Crippen LogP) is 1.40. The SMILES string of the molecule is CC1CCCCN1c1ccc(B(O)O)c(Cl)c1. The van der Waals surface area contributed by atoms with E-state index in [4.69, 9.17) is 21.6 Å². The molecule has 0 spiro atoms. The van der Waals surface area contributed by atoms with E-state index in [9.17, 15) is 0 Å². The summed E-state index contributed by atoms with van der Waals surface area (Å²) in [4.78, 5) is 2.32. The Kier molecular flexibility index (Phi) is 3.97. The van der Waals surface area contributed by atoms with Crippen LogP contribution in [0, 0.1) is 0 Å². The van der Waals surface area contributed by atoms with E-state index >= 15 is 0 Å². The molecule has 3 nitrogen and oxygen atoms in total. The van der Waals surface area contributed by atoms with Gasteiger partial charge in [0.25, 0.3) is 0 Å². The first-order valence-electron chi connectivity index (χ1n) is 6.02. The van der Waals surface area contributed by atoms with Gasteiger partial charge in [-0.05, 0) is 38.3 Å². The number of hydrogen-bond acceptors (Lipinski definition) is 3. The first-order chi connectivity index (χ1) is 8.09. The third kappa shape index (κ3) is 2.76. The maximum Gasteiger partial charge on any atom is 0.489 e. The van der Waals surface area contributed by atoms with Gasteiger partial charge in [0, 0.05) is 28.8 Å². The van der Waals surface area contributed by atoms with Gasteiger partial charge in [0.1, 0.15) is 0 Å². The molecule has 1 aliphatic rings. The van der Waals surface area contributed by atoms with E-state index in [1.54, 1.807) is 6.07 Å². The maximum atomic E-state index is 9.12. The normalized spacial score (nSPS) is 20.5. The van der Waals surface area contributed by atoms with Crippen molar-refractivity contribution in [3.05, 3.63) is 23.2 Å². The highest BCUT2D eigenvalue weighted by Crippen LogP contribution is 2.26. The van der Waals surface area contributed by atoms with Crippen LogP contribution in [-0.2, 0) is 0 Å². The number of hydrogen-bond donors (Lipinski definition) is 2. The van der Waals surface area contributed by atoms with Crippen LogP contribution in [0.4, 0.5) is 5.69 Å². The average Bonchev–Trinajstić information content (AvgIpc) is 2.29. The minimum Gasteiger partial charge on any atom is -0.423 e. The van der Waals surface area contributed by atoms with E-state index in [0.29, 0.717) is 16.5 Å². The van der Waals surface area contributed by atoms with Crippen LogP contribution in [0.3, 0.4) is 0 Å². The Morgan fingerprint density at radius 3 is 2.71 bits per heavy atom. The molecule has 1 aliphatic heterocycles. The van der Waals surface area contributed by atoms with Gasteiger partial charge in [-0.15, -0.1) is 0 Å². The smallest absolute Gasteiger partial charge is 0.423 e. The Balaban J connectivity index is 2.24. The highest BCUT2D eigenvalue weighted by molar-refractivity contribution is 6.62. The molecule has 0 bridgehead atoms. The van der Waals surface area contributed by atoms with Gasteiger partial charge in [-0.1, -0.05) is 17.7 Å². The van der Waals surface area contributed by atoms with Crippen molar-refractivity contribution in [1.29, 1.82) is 0 Å². The number of halogens is 1. The van der Waals surface area contributed by atoms with E-state index in [0.717, 1.165) is 12.2 Å². The van der Waals surface area contributed by atoms with Gasteiger partial charge in [0.2, 0.25) is 0 Å². The topological polar surface area (TPSA) is 43.7 Å². The molecule has 0 radical (unpaired) electrons. The molecule has 1 heterocycles. The fourth-order valence-electron chi connectivity index (χ4n) is 2.39. The number of piperidine rings is 1. The van der Waals surface area contributed by atoms with Crippen molar-refractivity contribution in [2.24, 2.45) is 0 Å². The molecule has 1 aromatic rings. The van der Waals surface area contributed by atoms with Crippen LogP contribution in [0.15, 0.2) is 18.2 Å². The van der Waals surface area contributed by atoms with Crippen molar-refractivity contribution in [1.82, 2.24) is 0 Å². The van der Waals surface area contributed by atoms with Crippen LogP contribution in [0.25, 0.3) is 0 Å². The van der Waals surface area contributed by atoms with Crippen molar-refractivity contribution in [3.8, 4) is 0 Å². The van der Waals surface area contributed by atoms with Gasteiger partial charge < -0.3 is 14.9 Å². The van der Waals surface area contributed by atoms with Crippen molar-refractivity contribution >= 4 is 29.9 Å². The lowest BCUT2D eigenvalue weighted by Crippen LogP contribution is -2.38. The second kappa shape index (κ2) is 5.30. The molecule has 0 amide bonds. The lowest BCUT2D eigenvalue weighted by molar-refractivity contribution is 0.426. The molecule has 1 fully saturated rings. The van der Waals surface area contributed by atoms with Gasteiger partial charge in [0.05, 0.1) is 0 Å². The summed E-state index contributed by atoms with van der Waals surface area (Å²) in [6, 6.07) is 5.93. The van der Waals surface area contributed by atoms with Gasteiger partial charge in [-0.2, -0.15) is 0 Å². The predicted molar refractivity (Wildman–Crippen MR) is 71.9 cm³/mol. The summed E-state index contributed by atoms with van der Waals surface area (Å²) >= 11 is 6.04. The Bertz CT molecular complexity index is 400. The highest BCUT2D eigenvalue weighted by Gasteiger charge is 2.21. The molecule has 2 rings (SSSR count). The molecule has 1 saturated heterocycles. The van der Waals surface area contributed by atoms with E-state index in [1.165, 1.54) is 19.3 Å². The minimum absolute atomic E-state index is 0.361. The molecular formula is C12H17BClNO2. The Labute approximate surface area is 107 Å². The first-order valence-corrected chi connectivity index (χ1v) is 6.39. The summed E-state index contributed by atoms with van der Waals surface area (Å²) in [6.07, 6.45) is 3.67. The first kappa shape index (κ1) is 12.7. The highest BCUT2D eigenvalue weighted by atomic mass is 35.5. The summed E-state index contributed by atoms with van der Waals surface area (Å²) < 4.78 is 0. The molecule has 5 heteroatoms. The summed E-state index contributed by atoms with van der Waals surface area (Å²) in [5, 5.41) is 18.6. The molecule has 0 aliphatic carbocycles. The third-order valence-corrected chi connectivity index (χ3v) is 3.72. The number of benzene rings is 1. The molecule has 0 saturated carbocycles. The quantitative estimate of drug-likeness (QED) is 0.783. The van der Waals surface area contributed by atoms with Crippen LogP contribution >= 0.6 is 11.6 Å². The van der Waals surface area contributed by atoms with Crippen LogP contribution in [-0.4, -0.2) is 29.8 Å². The van der Waals surface area contributed by atoms with Crippen molar-refractivity contribution < 1.29 is 10.0 Å². The monoisotopic (exact) mass is 253 g/mol. The zero-order valence-electron chi connectivity index (χ0n) is 9.93. The van der Waals surface area contributed by atoms with Crippen LogP contribution in [0.1, 0.15) is 26.2 Å². The largest absolute Gasteiger partial charge is 0.489 e. The van der Waals surface area contributed by atoms with Crippen molar-refractivity contribution in [3.63, 3.8) is 0 Å². The summed E-state index contributed by atoms with van der Waals surface area (Å²) in [5.74, 6) is 0. The Morgan fingerprint density at radius 1 is 1.35 bits per heavy atom. The van der Waals surface area contributed by atoms with E-state index in [-0.39, 0.29) is 0 Å². The molecule has 92 valence electrons. The number of anilines is 1. The lowest BCUT2D eigenvalue weighted by Gasteiger charge is -2.35. The molecule has 17 heavy (non-hydrogen) atoms. The molecule has 1 atom stereocenters. The zero-order chi connectivity index (χ0) is 12.4. The zero-order valence-corrected chi connectivity index (χ0v) is 10.7. The molecule has 2 N–H and O–H groups in total. The van der Waals surface area contributed by atoms with Gasteiger partial charge >= 0.3 is 7.12 Å². The fourth-order valence-corrected chi connectivity index (χ4v) is 2.66. The van der Waals surface area contributed by atoms with Gasteiger partial charge in [0.15, 0.2) is 0 Å². The molecular weight excluding hydrogens is 236 g/mol. The summed E-state index contributed by atoms with van der Waals surface area (Å²) in [7, 11) is -1.50. The molecule has 0 aromatic heterocycles. The standard InChI is InChI=1S/C12H17BClNO2/c1-9-4-2-3-7-15(9)10-5-6-11(13(16)17)12(14)8-10/h5-6,8-9,16-17H,2-4,7H2,1H3. The Morgan fingerprint density at radius 2 is 2.12 bits per heavy atom. The Hall–Kier alpha value is -0.705. The minimum atomic E-state index is -1.50. The summed E-state index contributed by atoms with van der Waals surface area (Å²) in [6.45, 7) is 3.25. The van der Waals surface area contributed by atoms with Crippen LogP contribution in [0.2, 0.25) is 5.02 Å². The molecule has 1 unspecified atom stereocenters. The maximum absolute atomic E-state index is 9.12. The fraction of sp³-hybridized carbons (Fsp3) is 0.500. The van der Waals surface area contributed by atoms with Gasteiger partial charge in [-0.3, -0.25) is 0 Å². The van der Waals surface area contributed by atoms with E-state index in [1.807, 2.05) is 12.1 Å². The van der Waals surface area contributed by atoms with Crippen molar-refractivity contribution in [2.45, 2.75) is 32.2 Å². The average molecular weight is 254 g/mol. The number of nitrogens with zero attached hydrogens (tertiary/aromatic N) is 1. The van der Waals surface area contributed by atoms with Crippen LogP contribution in [0.5, 0.6) is 0 Å². The number of rotatable bonds is 2. The third-order valence-electron chi connectivity index (χ3n) is 3.40. The van der Waals surface area contributed by atoms with Gasteiger partial charge in [-0.25, -0.2) is 0 Å².